The van der Waals surface area contributed by atoms with Gasteiger partial charge >= 0.3 is 5.51 Å². The van der Waals surface area contributed by atoms with E-state index in [4.69, 9.17) is 13.0 Å². The van der Waals surface area contributed by atoms with Crippen LogP contribution in [0.2, 0.25) is 0 Å². The van der Waals surface area contributed by atoms with Crippen LogP contribution in [-0.2, 0) is 30.0 Å². The molecule has 0 aliphatic rings. The van der Waals surface area contributed by atoms with E-state index in [1.165, 1.54) is 17.8 Å². The molecule has 0 aliphatic heterocycles. The van der Waals surface area contributed by atoms with E-state index in [-0.39, 0.29) is 0 Å². The van der Waals surface area contributed by atoms with Gasteiger partial charge in [-0.3, -0.25) is 0 Å². The topological polar surface area (TPSA) is 76.9 Å². The molecule has 0 aliphatic carbocycles. The summed E-state index contributed by atoms with van der Waals surface area (Å²) in [7, 11) is -4.01. The molecule has 0 fully saturated rings. The summed E-state index contributed by atoms with van der Waals surface area (Å²) in [5, 5.41) is 0. The fraction of sp³-hybridized carbons (Fsp3) is 0.357. The van der Waals surface area contributed by atoms with Crippen molar-refractivity contribution in [3.05, 3.63) is 54.1 Å². The number of nitrogens with one attached hydrogen (secondary N) is 1. The van der Waals surface area contributed by atoms with Gasteiger partial charge < -0.3 is 4.55 Å². The molecule has 1 aromatic carbocycles. The van der Waals surface area contributed by atoms with Crippen molar-refractivity contribution >= 4 is 10.1 Å². The van der Waals surface area contributed by atoms with Crippen LogP contribution in [0.5, 0.6) is 0 Å². The zero-order chi connectivity index (χ0) is 17.5. The van der Waals surface area contributed by atoms with E-state index >= 15 is 0 Å². The highest BCUT2D eigenvalue weighted by atomic mass is 32.2. The van der Waals surface area contributed by atoms with Crippen molar-refractivity contribution in [2.75, 3.05) is 0 Å². The summed E-state index contributed by atoms with van der Waals surface area (Å²) >= 11 is 0. The molecule has 0 unspecified atom stereocenters. The first kappa shape index (κ1) is 19.2. The van der Waals surface area contributed by atoms with Crippen LogP contribution in [0.4, 0.5) is 13.2 Å². The molecular weight excluding hydrogens is 333 g/mol. The second kappa shape index (κ2) is 8.11. The number of benzene rings is 1. The summed E-state index contributed by atoms with van der Waals surface area (Å²) in [4.78, 5) is 3.25. The Hall–Kier alpha value is -1.87. The predicted molar refractivity (Wildman–Crippen MR) is 76.2 cm³/mol. The molecule has 0 amide bonds. The third kappa shape index (κ3) is 6.83. The number of aromatic amines is 1. The second-order valence-corrected chi connectivity index (χ2v) is 6.13. The molecule has 1 N–H and O–H groups in total. The Balaban J connectivity index is 0.000000284. The van der Waals surface area contributed by atoms with Crippen LogP contribution in [0, 0.1) is 0 Å². The zero-order valence-corrected chi connectivity index (χ0v) is 13.2. The Morgan fingerprint density at radius 2 is 1.74 bits per heavy atom. The Bertz CT molecular complexity index is 698. The number of nitrogens with zero attached hydrogens (tertiary/aromatic N) is 1. The summed E-state index contributed by atoms with van der Waals surface area (Å²) < 4.78 is 61.0. The van der Waals surface area contributed by atoms with Gasteiger partial charge in [-0.05, 0) is 18.4 Å². The van der Waals surface area contributed by atoms with Crippen molar-refractivity contribution in [3.63, 3.8) is 0 Å². The number of aryl methyl sites for hydroxylation is 3. The first-order valence-corrected chi connectivity index (χ1v) is 8.10. The molecule has 0 saturated carbocycles. The van der Waals surface area contributed by atoms with Gasteiger partial charge in [0, 0.05) is 6.42 Å². The number of hydrogen-bond donors (Lipinski definition) is 1. The maximum absolute atomic E-state index is 10.7. The van der Waals surface area contributed by atoms with Crippen LogP contribution in [0.25, 0.3) is 0 Å². The molecule has 0 saturated heterocycles. The average Bonchev–Trinajstić information content (AvgIpc) is 2.84. The van der Waals surface area contributed by atoms with Crippen LogP contribution < -0.4 is 4.57 Å². The molecule has 128 valence electrons. The third-order valence-electron chi connectivity index (χ3n) is 2.98. The highest BCUT2D eigenvalue weighted by molar-refractivity contribution is 7.86. The predicted octanol–water partition coefficient (Wildman–Crippen LogP) is 2.07. The first-order valence-electron chi connectivity index (χ1n) is 6.69. The molecule has 2 rings (SSSR count). The quantitative estimate of drug-likeness (QED) is 0.521. The van der Waals surface area contributed by atoms with E-state index in [2.05, 4.69) is 53.1 Å². The van der Waals surface area contributed by atoms with Gasteiger partial charge in [-0.1, -0.05) is 30.3 Å². The monoisotopic (exact) mass is 350 g/mol. The summed E-state index contributed by atoms with van der Waals surface area (Å²) in [6, 6.07) is 10.6. The number of H-pyrrole nitrogens is 1. The maximum Gasteiger partial charge on any atom is 0.485 e. The molecular formula is C14H17F3N2O3S. The Labute approximate surface area is 132 Å². The lowest BCUT2D eigenvalue weighted by Crippen LogP contribution is -2.30. The SMILES string of the molecule is C[n+]1cc[nH]c1CCCc1ccccc1.O=S(=O)([O-])C(F)(F)F. The lowest BCUT2D eigenvalue weighted by Gasteiger charge is -2.08. The molecule has 9 heteroatoms. The smallest absolute Gasteiger partial charge is 0.485 e. The van der Waals surface area contributed by atoms with Gasteiger partial charge in [0.1, 0.15) is 12.4 Å². The van der Waals surface area contributed by atoms with Crippen LogP contribution in [-0.4, -0.2) is 23.5 Å². The summed E-state index contributed by atoms with van der Waals surface area (Å²) in [6.07, 6.45) is 7.49. The van der Waals surface area contributed by atoms with Gasteiger partial charge in [0.05, 0.1) is 7.05 Å². The minimum Gasteiger partial charge on any atom is -0.741 e. The fourth-order valence-corrected chi connectivity index (χ4v) is 1.79. The largest absolute Gasteiger partial charge is 0.741 e. The molecule has 1 aromatic heterocycles. The number of halogens is 3. The van der Waals surface area contributed by atoms with Crippen LogP contribution in [0.15, 0.2) is 42.7 Å². The van der Waals surface area contributed by atoms with Crippen molar-refractivity contribution in [3.8, 4) is 0 Å². The number of rotatable bonds is 4. The average molecular weight is 350 g/mol. The standard InChI is InChI=1S/C13H16N2.CHF3O3S/c1-15-11-10-14-13(15)9-5-8-12-6-3-2-4-7-12;2-1(3,4)8(5,6)7/h2-4,6-7,10-11H,5,8-9H2,1H3;(H,5,6,7). The van der Waals surface area contributed by atoms with Gasteiger partial charge in [0.15, 0.2) is 10.1 Å². The van der Waals surface area contributed by atoms with E-state index in [0.29, 0.717) is 0 Å². The zero-order valence-electron chi connectivity index (χ0n) is 12.4. The van der Waals surface area contributed by atoms with Crippen LogP contribution in [0.1, 0.15) is 17.8 Å². The third-order valence-corrected chi connectivity index (χ3v) is 3.55. The number of hydrogen-bond acceptors (Lipinski definition) is 3. The van der Waals surface area contributed by atoms with Gasteiger partial charge in [0.25, 0.3) is 5.82 Å². The van der Waals surface area contributed by atoms with Gasteiger partial charge in [0.2, 0.25) is 0 Å². The Morgan fingerprint density at radius 3 is 2.17 bits per heavy atom. The highest BCUT2D eigenvalue weighted by Crippen LogP contribution is 2.20. The molecule has 23 heavy (non-hydrogen) atoms. The van der Waals surface area contributed by atoms with Crippen molar-refractivity contribution in [2.24, 2.45) is 7.05 Å². The number of imidazole rings is 1. The van der Waals surface area contributed by atoms with E-state index in [1.54, 1.807) is 0 Å². The second-order valence-electron chi connectivity index (χ2n) is 4.76. The van der Waals surface area contributed by atoms with Gasteiger partial charge in [-0.25, -0.2) is 18.0 Å². The van der Waals surface area contributed by atoms with E-state index < -0.39 is 15.6 Å². The van der Waals surface area contributed by atoms with E-state index in [1.807, 2.05) is 6.20 Å². The number of alkyl halides is 3. The van der Waals surface area contributed by atoms with E-state index in [0.717, 1.165) is 12.8 Å². The van der Waals surface area contributed by atoms with Crippen molar-refractivity contribution in [2.45, 2.75) is 24.8 Å². The molecule has 0 atom stereocenters. The highest BCUT2D eigenvalue weighted by Gasteiger charge is 2.36. The summed E-state index contributed by atoms with van der Waals surface area (Å²) in [6.45, 7) is 0. The minimum atomic E-state index is -6.09. The fourth-order valence-electron chi connectivity index (χ4n) is 1.79. The lowest BCUT2D eigenvalue weighted by atomic mass is 10.1. The van der Waals surface area contributed by atoms with Crippen molar-refractivity contribution in [1.29, 1.82) is 0 Å². The summed E-state index contributed by atoms with van der Waals surface area (Å²) in [5.41, 5.74) is -4.22. The Morgan fingerprint density at radius 1 is 1.17 bits per heavy atom. The van der Waals surface area contributed by atoms with Gasteiger partial charge in [-0.2, -0.15) is 13.2 Å². The lowest BCUT2D eigenvalue weighted by molar-refractivity contribution is -0.677. The maximum atomic E-state index is 10.7. The molecule has 0 radical (unpaired) electrons. The Kier molecular flexibility index (Phi) is 6.77. The molecule has 0 spiro atoms. The minimum absolute atomic E-state index is 1.11. The van der Waals surface area contributed by atoms with Gasteiger partial charge in [-0.15, -0.1) is 0 Å². The van der Waals surface area contributed by atoms with Crippen molar-refractivity contribution in [1.82, 2.24) is 4.98 Å². The normalized spacial score (nSPS) is 11.7. The van der Waals surface area contributed by atoms with Crippen molar-refractivity contribution < 1.29 is 30.7 Å². The molecule has 2 aromatic rings. The van der Waals surface area contributed by atoms with Crippen LogP contribution >= 0.6 is 0 Å². The van der Waals surface area contributed by atoms with Crippen LogP contribution in [0.3, 0.4) is 0 Å². The first-order chi connectivity index (χ1) is 10.6. The molecule has 1 heterocycles. The molecule has 0 bridgehead atoms. The van der Waals surface area contributed by atoms with E-state index in [9.17, 15) is 13.2 Å². The summed E-state index contributed by atoms with van der Waals surface area (Å²) in [5.74, 6) is 1.30. The molecule has 5 nitrogen and oxygen atoms in total. The number of aromatic nitrogens is 2.